The summed E-state index contributed by atoms with van der Waals surface area (Å²) in [5.74, 6) is 0. The van der Waals surface area contributed by atoms with Gasteiger partial charge in [0.15, 0.2) is 5.11 Å². The molecule has 0 radical (unpaired) electrons. The molecule has 7 heteroatoms. The predicted molar refractivity (Wildman–Crippen MR) is 121 cm³/mol. The summed E-state index contributed by atoms with van der Waals surface area (Å²) in [6.45, 7) is 2.93. The molecule has 0 saturated heterocycles. The minimum absolute atomic E-state index is 0.592. The SMILES string of the molecule is CCCNC(=S)Nc1ccc2nc(-c3ccccn3)c(-c3ccccn3)nc2c1. The Balaban J connectivity index is 1.79. The molecular formula is C22H20N6S. The van der Waals surface area contributed by atoms with Crippen LogP contribution in [-0.4, -0.2) is 31.6 Å². The molecule has 0 saturated carbocycles. The zero-order valence-electron chi connectivity index (χ0n) is 16.0. The first-order chi connectivity index (χ1) is 14.2. The third-order valence-electron chi connectivity index (χ3n) is 4.27. The number of fused-ring (bicyclic) bond motifs is 1. The Morgan fingerprint density at radius 2 is 1.52 bits per heavy atom. The van der Waals surface area contributed by atoms with Gasteiger partial charge in [-0.05, 0) is 61.1 Å². The lowest BCUT2D eigenvalue weighted by Crippen LogP contribution is -2.28. The lowest BCUT2D eigenvalue weighted by atomic mass is 10.1. The number of rotatable bonds is 5. The van der Waals surface area contributed by atoms with Crippen molar-refractivity contribution in [1.29, 1.82) is 0 Å². The van der Waals surface area contributed by atoms with Crippen LogP contribution in [0, 0.1) is 0 Å². The van der Waals surface area contributed by atoms with Crippen LogP contribution in [0.5, 0.6) is 0 Å². The number of hydrogen-bond donors (Lipinski definition) is 2. The molecule has 4 rings (SSSR count). The second-order valence-electron chi connectivity index (χ2n) is 6.44. The number of nitrogens with zero attached hydrogens (tertiary/aromatic N) is 4. The van der Waals surface area contributed by atoms with Gasteiger partial charge >= 0.3 is 0 Å². The van der Waals surface area contributed by atoms with Crippen molar-refractivity contribution in [2.75, 3.05) is 11.9 Å². The Bertz CT molecular complexity index is 1130. The molecule has 0 unspecified atom stereocenters. The van der Waals surface area contributed by atoms with Crippen molar-refractivity contribution in [1.82, 2.24) is 25.3 Å². The van der Waals surface area contributed by atoms with E-state index in [2.05, 4.69) is 27.5 Å². The van der Waals surface area contributed by atoms with Crippen molar-refractivity contribution in [2.45, 2.75) is 13.3 Å². The highest BCUT2D eigenvalue weighted by molar-refractivity contribution is 7.80. The van der Waals surface area contributed by atoms with E-state index in [1.165, 1.54) is 0 Å². The lowest BCUT2D eigenvalue weighted by Gasteiger charge is -2.12. The molecule has 2 N–H and O–H groups in total. The number of nitrogens with one attached hydrogen (secondary N) is 2. The van der Waals surface area contributed by atoms with Crippen molar-refractivity contribution in [2.24, 2.45) is 0 Å². The smallest absolute Gasteiger partial charge is 0.170 e. The van der Waals surface area contributed by atoms with Crippen LogP contribution in [0.1, 0.15) is 13.3 Å². The Hall–Kier alpha value is -3.45. The molecule has 0 aliphatic rings. The van der Waals surface area contributed by atoms with Gasteiger partial charge in [-0.15, -0.1) is 0 Å². The minimum atomic E-state index is 0.592. The summed E-state index contributed by atoms with van der Waals surface area (Å²) in [7, 11) is 0. The van der Waals surface area contributed by atoms with Crippen molar-refractivity contribution in [3.05, 3.63) is 67.0 Å². The first-order valence-corrected chi connectivity index (χ1v) is 9.85. The summed E-state index contributed by atoms with van der Waals surface area (Å²) < 4.78 is 0. The number of pyridine rings is 2. The molecule has 0 aliphatic heterocycles. The standard InChI is InChI=1S/C22H20N6S/c1-2-11-25-22(29)26-15-9-10-16-19(14-15)28-21(18-8-4-6-13-24-18)20(27-16)17-7-3-5-12-23-17/h3-10,12-14H,2,11H2,1H3,(H2,25,26,29). The zero-order valence-corrected chi connectivity index (χ0v) is 16.8. The summed E-state index contributed by atoms with van der Waals surface area (Å²) >= 11 is 5.33. The van der Waals surface area contributed by atoms with Gasteiger partial charge in [0.25, 0.3) is 0 Å². The topological polar surface area (TPSA) is 75.6 Å². The van der Waals surface area contributed by atoms with E-state index in [0.29, 0.717) is 16.5 Å². The number of benzene rings is 1. The van der Waals surface area contributed by atoms with Gasteiger partial charge in [-0.1, -0.05) is 19.1 Å². The predicted octanol–water partition coefficient (Wildman–Crippen LogP) is 4.45. The van der Waals surface area contributed by atoms with Gasteiger partial charge in [-0.25, -0.2) is 9.97 Å². The van der Waals surface area contributed by atoms with Gasteiger partial charge in [0.2, 0.25) is 0 Å². The molecule has 0 spiro atoms. The van der Waals surface area contributed by atoms with E-state index in [1.54, 1.807) is 12.4 Å². The highest BCUT2D eigenvalue weighted by Crippen LogP contribution is 2.29. The van der Waals surface area contributed by atoms with Gasteiger partial charge in [0.05, 0.1) is 22.4 Å². The van der Waals surface area contributed by atoms with Crippen LogP contribution in [0.2, 0.25) is 0 Å². The fourth-order valence-corrected chi connectivity index (χ4v) is 3.13. The van der Waals surface area contributed by atoms with E-state index in [4.69, 9.17) is 22.2 Å². The van der Waals surface area contributed by atoms with E-state index >= 15 is 0 Å². The third kappa shape index (κ3) is 4.35. The molecule has 3 heterocycles. The Labute approximate surface area is 174 Å². The maximum atomic E-state index is 5.33. The molecule has 0 amide bonds. The summed E-state index contributed by atoms with van der Waals surface area (Å²) in [6.07, 6.45) is 4.51. The Morgan fingerprint density at radius 3 is 2.10 bits per heavy atom. The molecule has 144 valence electrons. The molecule has 0 aliphatic carbocycles. The summed E-state index contributed by atoms with van der Waals surface area (Å²) in [5.41, 5.74) is 5.31. The first-order valence-electron chi connectivity index (χ1n) is 9.44. The van der Waals surface area contributed by atoms with Gasteiger partial charge in [-0.2, -0.15) is 0 Å². The van der Waals surface area contributed by atoms with E-state index in [-0.39, 0.29) is 0 Å². The van der Waals surface area contributed by atoms with Crippen LogP contribution < -0.4 is 10.6 Å². The molecule has 4 aromatic rings. The first kappa shape index (κ1) is 18.9. The molecule has 1 aromatic carbocycles. The van der Waals surface area contributed by atoms with Gasteiger partial charge in [0, 0.05) is 24.6 Å². The highest BCUT2D eigenvalue weighted by Gasteiger charge is 2.15. The molecule has 0 fully saturated rings. The lowest BCUT2D eigenvalue weighted by molar-refractivity contribution is 0.846. The molecular weight excluding hydrogens is 380 g/mol. The maximum absolute atomic E-state index is 5.33. The van der Waals surface area contributed by atoms with Crippen LogP contribution in [0.3, 0.4) is 0 Å². The number of hydrogen-bond acceptors (Lipinski definition) is 5. The molecule has 3 aromatic heterocycles. The largest absolute Gasteiger partial charge is 0.362 e. The second kappa shape index (κ2) is 8.70. The molecule has 0 atom stereocenters. The third-order valence-corrected chi connectivity index (χ3v) is 4.52. The van der Waals surface area contributed by atoms with Crippen molar-refractivity contribution in [3.63, 3.8) is 0 Å². The zero-order chi connectivity index (χ0) is 20.1. The van der Waals surface area contributed by atoms with Crippen molar-refractivity contribution < 1.29 is 0 Å². The van der Waals surface area contributed by atoms with E-state index in [1.807, 2.05) is 54.6 Å². The molecule has 0 bridgehead atoms. The van der Waals surface area contributed by atoms with Gasteiger partial charge < -0.3 is 10.6 Å². The molecule has 29 heavy (non-hydrogen) atoms. The maximum Gasteiger partial charge on any atom is 0.170 e. The minimum Gasteiger partial charge on any atom is -0.362 e. The van der Waals surface area contributed by atoms with Crippen LogP contribution in [0.4, 0.5) is 5.69 Å². The number of anilines is 1. The summed E-state index contributed by atoms with van der Waals surface area (Å²) in [4.78, 5) is 18.7. The quantitative estimate of drug-likeness (QED) is 0.479. The average Bonchev–Trinajstić information content (AvgIpc) is 2.78. The van der Waals surface area contributed by atoms with Crippen molar-refractivity contribution in [3.8, 4) is 22.8 Å². The van der Waals surface area contributed by atoms with Crippen molar-refractivity contribution >= 4 is 34.1 Å². The van der Waals surface area contributed by atoms with Gasteiger partial charge in [0.1, 0.15) is 11.4 Å². The van der Waals surface area contributed by atoms with E-state index < -0.39 is 0 Å². The normalized spacial score (nSPS) is 10.7. The van der Waals surface area contributed by atoms with Crippen LogP contribution >= 0.6 is 12.2 Å². The van der Waals surface area contributed by atoms with E-state index in [0.717, 1.165) is 41.1 Å². The van der Waals surface area contributed by atoms with Crippen LogP contribution in [0.25, 0.3) is 33.8 Å². The van der Waals surface area contributed by atoms with Crippen LogP contribution in [0.15, 0.2) is 67.0 Å². The average molecular weight is 401 g/mol. The highest BCUT2D eigenvalue weighted by atomic mass is 32.1. The van der Waals surface area contributed by atoms with Gasteiger partial charge in [-0.3, -0.25) is 9.97 Å². The summed E-state index contributed by atoms with van der Waals surface area (Å²) in [5, 5.41) is 6.95. The number of aromatic nitrogens is 4. The fourth-order valence-electron chi connectivity index (χ4n) is 2.91. The van der Waals surface area contributed by atoms with Crippen LogP contribution in [-0.2, 0) is 0 Å². The second-order valence-corrected chi connectivity index (χ2v) is 6.84. The summed E-state index contributed by atoms with van der Waals surface area (Å²) in [6, 6.07) is 17.3. The Kier molecular flexibility index (Phi) is 5.67. The number of thiocarbonyl (C=S) groups is 1. The Morgan fingerprint density at radius 1 is 0.862 bits per heavy atom. The monoisotopic (exact) mass is 400 g/mol. The molecule has 6 nitrogen and oxygen atoms in total. The van der Waals surface area contributed by atoms with E-state index in [9.17, 15) is 0 Å². The fraction of sp³-hybridized carbons (Fsp3) is 0.136.